The van der Waals surface area contributed by atoms with Crippen LogP contribution in [0.4, 0.5) is 0 Å². The number of hydrogen-bond donors (Lipinski definition) is 2. The molecule has 0 bridgehead atoms. The molecule has 0 aromatic rings. The van der Waals surface area contributed by atoms with Crippen LogP contribution in [0.15, 0.2) is 4.58 Å². The summed E-state index contributed by atoms with van der Waals surface area (Å²) in [7, 11) is 1.25. The maximum atomic E-state index is 12.0. The van der Waals surface area contributed by atoms with Gasteiger partial charge in [-0.05, 0) is 20.3 Å². The van der Waals surface area contributed by atoms with Crippen molar-refractivity contribution in [1.82, 2.24) is 10.6 Å². The fourth-order valence-electron chi connectivity index (χ4n) is 1.83. The topological polar surface area (TPSA) is 114 Å². The molecule has 1 heterocycles. The van der Waals surface area contributed by atoms with E-state index < -0.39 is 34.6 Å². The summed E-state index contributed by atoms with van der Waals surface area (Å²) in [5.41, 5.74) is 0. The lowest BCUT2D eigenvalue weighted by atomic mass is 9.97. The van der Waals surface area contributed by atoms with Gasteiger partial charge in [0, 0.05) is 23.0 Å². The van der Waals surface area contributed by atoms with E-state index in [1.807, 2.05) is 0 Å². The monoisotopic (exact) mass is 303 g/mol. The van der Waals surface area contributed by atoms with E-state index in [-0.39, 0.29) is 12.8 Å². The number of carbonyl (C=O) groups is 3. The zero-order chi connectivity index (χ0) is 15.3. The summed E-state index contributed by atoms with van der Waals surface area (Å²) in [4.78, 5) is 45.3. The molecule has 0 aliphatic carbocycles. The first-order valence-corrected chi connectivity index (χ1v) is 6.77. The van der Waals surface area contributed by atoms with Crippen LogP contribution in [0.2, 0.25) is 0 Å². The lowest BCUT2D eigenvalue weighted by Gasteiger charge is -2.36. The molecule has 0 unspecified atom stereocenters. The van der Waals surface area contributed by atoms with Crippen molar-refractivity contribution in [3.8, 4) is 0 Å². The number of amides is 2. The van der Waals surface area contributed by atoms with Crippen LogP contribution in [-0.2, 0) is 19.1 Å². The minimum atomic E-state index is -0.855. The van der Waals surface area contributed by atoms with Gasteiger partial charge in [0.1, 0.15) is 12.1 Å². The summed E-state index contributed by atoms with van der Waals surface area (Å²) >= 11 is 0.689. The number of ether oxygens (including phenoxy) is 1. The summed E-state index contributed by atoms with van der Waals surface area (Å²) < 4.78 is 6.33. The zero-order valence-electron chi connectivity index (χ0n) is 11.5. The standard InChI is InChI=1S/C11H17N3O5S/c1-11(2,20-14-18)8-10(17)12-6(9(16)13-8)4-5-7(15)19-3/h6,8H,4-5H2,1-3H3,(H,12,17)(H,13,16)/t6-,8-/m1/s1. The quantitative estimate of drug-likeness (QED) is 0.409. The van der Waals surface area contributed by atoms with Crippen molar-refractivity contribution in [3.63, 3.8) is 0 Å². The first kappa shape index (κ1) is 16.4. The minimum absolute atomic E-state index is 0.0353. The molecule has 0 spiro atoms. The van der Waals surface area contributed by atoms with E-state index >= 15 is 0 Å². The average Bonchev–Trinajstić information content (AvgIpc) is 2.38. The Hall–Kier alpha value is -1.64. The maximum Gasteiger partial charge on any atom is 0.305 e. The van der Waals surface area contributed by atoms with Crippen molar-refractivity contribution in [2.45, 2.75) is 43.5 Å². The van der Waals surface area contributed by atoms with E-state index in [1.54, 1.807) is 13.8 Å². The summed E-state index contributed by atoms with van der Waals surface area (Å²) in [6.07, 6.45) is 0.198. The van der Waals surface area contributed by atoms with Crippen LogP contribution in [0.1, 0.15) is 26.7 Å². The van der Waals surface area contributed by atoms with Crippen molar-refractivity contribution >= 4 is 29.7 Å². The zero-order valence-corrected chi connectivity index (χ0v) is 12.3. The Morgan fingerprint density at radius 3 is 2.55 bits per heavy atom. The summed E-state index contributed by atoms with van der Waals surface area (Å²) in [6.45, 7) is 3.27. The highest BCUT2D eigenvalue weighted by atomic mass is 32.2. The van der Waals surface area contributed by atoms with E-state index in [1.165, 1.54) is 7.11 Å². The predicted molar refractivity (Wildman–Crippen MR) is 72.6 cm³/mol. The lowest BCUT2D eigenvalue weighted by molar-refractivity contribution is -0.142. The second-order valence-corrected chi connectivity index (χ2v) is 6.27. The lowest BCUT2D eigenvalue weighted by Crippen LogP contribution is -2.66. The van der Waals surface area contributed by atoms with Gasteiger partial charge in [0.25, 0.3) is 0 Å². The SMILES string of the molecule is COC(=O)CC[C@H]1NC(=O)[C@H](C(C)(C)SN=O)NC1=O. The van der Waals surface area contributed by atoms with Gasteiger partial charge in [-0.3, -0.25) is 14.4 Å². The number of methoxy groups -OCH3 is 1. The van der Waals surface area contributed by atoms with E-state index in [0.29, 0.717) is 11.9 Å². The van der Waals surface area contributed by atoms with Crippen LogP contribution in [-0.4, -0.2) is 41.7 Å². The van der Waals surface area contributed by atoms with Gasteiger partial charge in [-0.2, -0.15) is 0 Å². The number of hydrogen-bond acceptors (Lipinski definition) is 7. The molecule has 1 fully saturated rings. The molecule has 1 saturated heterocycles. The van der Waals surface area contributed by atoms with Gasteiger partial charge >= 0.3 is 5.97 Å². The number of piperazine rings is 1. The normalized spacial score (nSPS) is 22.8. The molecule has 112 valence electrons. The Bertz CT molecular complexity index is 426. The summed E-state index contributed by atoms with van der Waals surface area (Å²) in [6, 6.07) is -1.63. The fourth-order valence-corrected chi connectivity index (χ4v) is 2.30. The number of nitroso groups, excluding NO2 is 1. The first-order valence-electron chi connectivity index (χ1n) is 6.00. The molecule has 2 atom stereocenters. The predicted octanol–water partition coefficient (Wildman–Crippen LogP) is 0.116. The van der Waals surface area contributed by atoms with Crippen LogP contribution in [0, 0.1) is 4.91 Å². The van der Waals surface area contributed by atoms with Crippen LogP contribution in [0.25, 0.3) is 0 Å². The molecular weight excluding hydrogens is 286 g/mol. The molecule has 20 heavy (non-hydrogen) atoms. The van der Waals surface area contributed by atoms with Crippen molar-refractivity contribution < 1.29 is 19.1 Å². The van der Waals surface area contributed by atoms with Gasteiger partial charge in [0.05, 0.1) is 11.9 Å². The first-order chi connectivity index (χ1) is 9.31. The number of nitrogens with zero attached hydrogens (tertiary/aromatic N) is 1. The number of rotatable bonds is 6. The maximum absolute atomic E-state index is 12.0. The minimum Gasteiger partial charge on any atom is -0.469 e. The van der Waals surface area contributed by atoms with Gasteiger partial charge in [-0.15, -0.1) is 4.91 Å². The third-order valence-corrected chi connectivity index (χ3v) is 3.80. The molecule has 0 radical (unpaired) electrons. The highest BCUT2D eigenvalue weighted by Gasteiger charge is 2.43. The highest BCUT2D eigenvalue weighted by Crippen LogP contribution is 2.30. The van der Waals surface area contributed by atoms with E-state index in [0.717, 1.165) is 0 Å². The molecule has 9 heteroatoms. The smallest absolute Gasteiger partial charge is 0.305 e. The van der Waals surface area contributed by atoms with E-state index in [2.05, 4.69) is 20.0 Å². The molecule has 2 amide bonds. The molecule has 1 aliphatic heterocycles. The van der Waals surface area contributed by atoms with E-state index in [9.17, 15) is 19.3 Å². The molecule has 0 aromatic heterocycles. The average molecular weight is 303 g/mol. The van der Waals surface area contributed by atoms with Crippen molar-refractivity contribution in [2.75, 3.05) is 7.11 Å². The van der Waals surface area contributed by atoms with Gasteiger partial charge in [-0.1, -0.05) is 0 Å². The molecular formula is C11H17N3O5S. The number of esters is 1. The second-order valence-electron chi connectivity index (χ2n) is 4.89. The summed E-state index contributed by atoms with van der Waals surface area (Å²) in [5.74, 6) is -1.24. The highest BCUT2D eigenvalue weighted by molar-refractivity contribution is 7.99. The van der Waals surface area contributed by atoms with Gasteiger partial charge in [-0.25, -0.2) is 0 Å². The van der Waals surface area contributed by atoms with Gasteiger partial charge in [0.15, 0.2) is 0 Å². The fraction of sp³-hybridized carbons (Fsp3) is 0.727. The van der Waals surface area contributed by atoms with E-state index in [4.69, 9.17) is 0 Å². The van der Waals surface area contributed by atoms with Crippen LogP contribution >= 0.6 is 11.9 Å². The molecule has 0 aromatic carbocycles. The van der Waals surface area contributed by atoms with Gasteiger partial charge < -0.3 is 15.4 Å². The Kier molecular flexibility index (Phi) is 5.49. The molecule has 8 nitrogen and oxygen atoms in total. The van der Waals surface area contributed by atoms with Crippen LogP contribution < -0.4 is 10.6 Å². The Balaban J connectivity index is 2.67. The van der Waals surface area contributed by atoms with Crippen LogP contribution in [0.3, 0.4) is 0 Å². The van der Waals surface area contributed by atoms with Crippen molar-refractivity contribution in [2.24, 2.45) is 4.58 Å². The third-order valence-electron chi connectivity index (χ3n) is 3.01. The second kappa shape index (κ2) is 6.69. The number of nitrogens with one attached hydrogen (secondary N) is 2. The summed E-state index contributed by atoms with van der Waals surface area (Å²) in [5, 5.41) is 5.10. The van der Waals surface area contributed by atoms with Crippen molar-refractivity contribution in [1.29, 1.82) is 0 Å². The molecule has 1 rings (SSSR count). The number of carbonyl (C=O) groups excluding carboxylic acids is 3. The Morgan fingerprint density at radius 2 is 2.00 bits per heavy atom. The largest absolute Gasteiger partial charge is 0.469 e. The van der Waals surface area contributed by atoms with Crippen molar-refractivity contribution in [3.05, 3.63) is 4.91 Å². The van der Waals surface area contributed by atoms with Gasteiger partial charge in [0.2, 0.25) is 11.8 Å². The molecule has 2 N–H and O–H groups in total. The molecule has 1 aliphatic rings. The third kappa shape index (κ3) is 3.92. The Labute approximate surface area is 120 Å². The Morgan fingerprint density at radius 1 is 1.35 bits per heavy atom. The van der Waals surface area contributed by atoms with Crippen LogP contribution in [0.5, 0.6) is 0 Å². The molecule has 0 saturated carbocycles.